The molecular formula is C22H22BrFN4O3S. The van der Waals surface area contributed by atoms with E-state index in [4.69, 9.17) is 9.47 Å². The lowest BCUT2D eigenvalue weighted by atomic mass is 10.3. The predicted octanol–water partition coefficient (Wildman–Crippen LogP) is 5.25. The normalized spacial score (nSPS) is 11.6. The topological polar surface area (TPSA) is 78.3 Å². The van der Waals surface area contributed by atoms with E-state index in [0.29, 0.717) is 27.7 Å². The predicted molar refractivity (Wildman–Crippen MR) is 126 cm³/mol. The molecule has 10 heteroatoms. The molecular weight excluding hydrogens is 499 g/mol. The molecule has 0 fully saturated rings. The molecule has 0 aliphatic heterocycles. The number of thioether (sulfide) groups is 1. The third-order valence-corrected chi connectivity index (χ3v) is 5.79. The number of carbonyl (C=O) groups is 1. The van der Waals surface area contributed by atoms with Gasteiger partial charge in [-0.2, -0.15) is 0 Å². The van der Waals surface area contributed by atoms with Crippen LogP contribution in [0.5, 0.6) is 11.5 Å². The fourth-order valence-electron chi connectivity index (χ4n) is 2.83. The zero-order chi connectivity index (χ0) is 23.1. The second-order valence-electron chi connectivity index (χ2n) is 6.64. The van der Waals surface area contributed by atoms with Crippen LogP contribution in [-0.4, -0.2) is 33.5 Å². The third kappa shape index (κ3) is 6.10. The zero-order valence-corrected chi connectivity index (χ0v) is 20.0. The van der Waals surface area contributed by atoms with Gasteiger partial charge in [0, 0.05) is 11.0 Å². The first-order chi connectivity index (χ1) is 15.4. The van der Waals surface area contributed by atoms with Crippen LogP contribution in [0.2, 0.25) is 0 Å². The van der Waals surface area contributed by atoms with E-state index in [1.165, 1.54) is 23.9 Å². The lowest BCUT2D eigenvalue weighted by molar-refractivity contribution is -0.113. The first-order valence-electron chi connectivity index (χ1n) is 9.63. The fraction of sp³-hybridized carbons (Fsp3) is 0.227. The second-order valence-corrected chi connectivity index (χ2v) is 8.49. The van der Waals surface area contributed by atoms with E-state index >= 15 is 0 Å². The molecule has 1 aromatic heterocycles. The number of aromatic nitrogens is 3. The summed E-state index contributed by atoms with van der Waals surface area (Å²) in [6, 6.07) is 11.7. The molecule has 0 radical (unpaired) electrons. The van der Waals surface area contributed by atoms with Crippen LogP contribution in [-0.2, 0) is 11.3 Å². The second kappa shape index (κ2) is 11.1. The largest absolute Gasteiger partial charge is 0.497 e. The Hall–Kier alpha value is -2.85. The lowest BCUT2D eigenvalue weighted by Gasteiger charge is -2.16. The van der Waals surface area contributed by atoms with Crippen LogP contribution >= 0.6 is 27.7 Å². The Bertz CT molecular complexity index is 1090. The van der Waals surface area contributed by atoms with Crippen molar-refractivity contribution in [3.63, 3.8) is 0 Å². The van der Waals surface area contributed by atoms with Crippen molar-refractivity contribution in [3.8, 4) is 11.5 Å². The van der Waals surface area contributed by atoms with Gasteiger partial charge in [-0.1, -0.05) is 33.8 Å². The molecule has 0 bridgehead atoms. The molecule has 0 aliphatic carbocycles. The summed E-state index contributed by atoms with van der Waals surface area (Å²) < 4.78 is 27.5. The van der Waals surface area contributed by atoms with Crippen molar-refractivity contribution in [1.29, 1.82) is 0 Å². The van der Waals surface area contributed by atoms with E-state index in [0.717, 1.165) is 5.75 Å². The van der Waals surface area contributed by atoms with Gasteiger partial charge in [0.15, 0.2) is 17.1 Å². The molecule has 0 aliphatic rings. The van der Waals surface area contributed by atoms with Crippen molar-refractivity contribution in [3.05, 3.63) is 71.2 Å². The van der Waals surface area contributed by atoms with E-state index in [-0.39, 0.29) is 17.3 Å². The van der Waals surface area contributed by atoms with Crippen LogP contribution in [0.15, 0.2) is 64.7 Å². The molecule has 1 atom stereocenters. The molecule has 0 saturated carbocycles. The number of allylic oxidation sites excluding steroid dienone is 1. The summed E-state index contributed by atoms with van der Waals surface area (Å²) in [4.78, 5) is 12.3. The molecule has 2 aromatic carbocycles. The van der Waals surface area contributed by atoms with Crippen molar-refractivity contribution in [2.24, 2.45) is 0 Å². The number of hydrogen-bond donors (Lipinski definition) is 1. The van der Waals surface area contributed by atoms with Crippen LogP contribution in [0, 0.1) is 5.82 Å². The molecule has 168 valence electrons. The van der Waals surface area contributed by atoms with Gasteiger partial charge < -0.3 is 14.8 Å². The summed E-state index contributed by atoms with van der Waals surface area (Å²) in [5.74, 6) is 1.17. The van der Waals surface area contributed by atoms with E-state index < -0.39 is 11.9 Å². The summed E-state index contributed by atoms with van der Waals surface area (Å²) in [6.45, 7) is 6.10. The highest BCUT2D eigenvalue weighted by atomic mass is 79.9. The summed E-state index contributed by atoms with van der Waals surface area (Å²) in [5, 5.41) is 11.5. The van der Waals surface area contributed by atoms with Crippen LogP contribution < -0.4 is 14.8 Å². The number of hydrogen-bond acceptors (Lipinski definition) is 6. The minimum Gasteiger partial charge on any atom is -0.497 e. The van der Waals surface area contributed by atoms with Crippen LogP contribution in [0.25, 0.3) is 0 Å². The van der Waals surface area contributed by atoms with Crippen LogP contribution in [0.3, 0.4) is 0 Å². The maximum atomic E-state index is 13.9. The maximum Gasteiger partial charge on any atom is 0.234 e. The molecule has 3 rings (SSSR count). The number of anilines is 1. The van der Waals surface area contributed by atoms with Gasteiger partial charge in [-0.25, -0.2) is 4.39 Å². The highest BCUT2D eigenvalue weighted by molar-refractivity contribution is 9.10. The number of halogens is 2. The van der Waals surface area contributed by atoms with Gasteiger partial charge in [0.25, 0.3) is 0 Å². The minimum atomic E-state index is -0.514. The summed E-state index contributed by atoms with van der Waals surface area (Å²) in [5.41, 5.74) is 0.119. The molecule has 7 nitrogen and oxygen atoms in total. The maximum absolute atomic E-state index is 13.9. The summed E-state index contributed by atoms with van der Waals surface area (Å²) in [7, 11) is 1.60. The fourth-order valence-corrected chi connectivity index (χ4v) is 3.91. The first kappa shape index (κ1) is 23.8. The SMILES string of the molecule is C=CCn1c(SCC(=O)Nc2ccc(Br)cc2F)nnc1C(C)Oc1ccc(OC)cc1. The van der Waals surface area contributed by atoms with Gasteiger partial charge in [0.2, 0.25) is 5.91 Å². The Morgan fingerprint density at radius 1 is 1.28 bits per heavy atom. The third-order valence-electron chi connectivity index (χ3n) is 4.33. The number of nitrogens with zero attached hydrogens (tertiary/aromatic N) is 3. The van der Waals surface area contributed by atoms with Crippen molar-refractivity contribution in [2.75, 3.05) is 18.2 Å². The zero-order valence-electron chi connectivity index (χ0n) is 17.5. The first-order valence-corrected chi connectivity index (χ1v) is 11.4. The quantitative estimate of drug-likeness (QED) is 0.290. The molecule has 1 N–H and O–H groups in total. The number of amides is 1. The van der Waals surface area contributed by atoms with Gasteiger partial charge in [0.1, 0.15) is 17.3 Å². The molecule has 3 aromatic rings. The average molecular weight is 521 g/mol. The Morgan fingerprint density at radius 3 is 2.66 bits per heavy atom. The van der Waals surface area contributed by atoms with Gasteiger partial charge in [0.05, 0.1) is 18.6 Å². The highest BCUT2D eigenvalue weighted by Crippen LogP contribution is 2.26. The number of benzene rings is 2. The molecule has 1 unspecified atom stereocenters. The van der Waals surface area contributed by atoms with E-state index in [2.05, 4.69) is 38.0 Å². The van der Waals surface area contributed by atoms with Gasteiger partial charge in [-0.15, -0.1) is 16.8 Å². The Morgan fingerprint density at radius 2 is 2.00 bits per heavy atom. The number of carbonyl (C=O) groups excluding carboxylic acids is 1. The number of methoxy groups -OCH3 is 1. The summed E-state index contributed by atoms with van der Waals surface area (Å²) in [6.07, 6.45) is 1.32. The van der Waals surface area contributed by atoms with Crippen LogP contribution in [0.1, 0.15) is 18.9 Å². The van der Waals surface area contributed by atoms with E-state index in [1.807, 2.05) is 35.8 Å². The molecule has 1 heterocycles. The molecule has 0 spiro atoms. The number of nitrogens with one attached hydrogen (secondary N) is 1. The van der Waals surface area contributed by atoms with Crippen molar-refractivity contribution < 1.29 is 18.7 Å². The Balaban J connectivity index is 1.66. The summed E-state index contributed by atoms with van der Waals surface area (Å²) >= 11 is 4.39. The highest BCUT2D eigenvalue weighted by Gasteiger charge is 2.20. The molecule has 32 heavy (non-hydrogen) atoms. The smallest absolute Gasteiger partial charge is 0.234 e. The lowest BCUT2D eigenvalue weighted by Crippen LogP contribution is -2.16. The van der Waals surface area contributed by atoms with Gasteiger partial charge in [-0.3, -0.25) is 9.36 Å². The average Bonchev–Trinajstić information content (AvgIpc) is 3.18. The van der Waals surface area contributed by atoms with Gasteiger partial charge in [-0.05, 0) is 49.4 Å². The van der Waals surface area contributed by atoms with Gasteiger partial charge >= 0.3 is 0 Å². The van der Waals surface area contributed by atoms with E-state index in [9.17, 15) is 9.18 Å². The van der Waals surface area contributed by atoms with Crippen molar-refractivity contribution >= 4 is 39.3 Å². The van der Waals surface area contributed by atoms with Crippen molar-refractivity contribution in [2.45, 2.75) is 24.7 Å². The molecule has 1 amide bonds. The number of rotatable bonds is 10. The monoisotopic (exact) mass is 520 g/mol. The van der Waals surface area contributed by atoms with E-state index in [1.54, 1.807) is 19.3 Å². The van der Waals surface area contributed by atoms with Crippen LogP contribution in [0.4, 0.5) is 10.1 Å². The minimum absolute atomic E-state index is 0.0402. The van der Waals surface area contributed by atoms with Crippen molar-refractivity contribution in [1.82, 2.24) is 14.8 Å². The number of ether oxygens (including phenoxy) is 2. The Kier molecular flexibility index (Phi) is 8.29. The Labute approximate surface area is 198 Å². The molecule has 0 saturated heterocycles. The standard InChI is InChI=1S/C22H22BrFN4O3S/c1-4-11-28-21(14(2)31-17-8-6-16(30-3)7-9-17)26-27-22(28)32-13-20(29)25-19-10-5-15(23)12-18(19)24/h4-10,12,14H,1,11,13H2,2-3H3,(H,25,29).